The summed E-state index contributed by atoms with van der Waals surface area (Å²) < 4.78 is 26.8. The van der Waals surface area contributed by atoms with E-state index >= 15 is 0 Å². The summed E-state index contributed by atoms with van der Waals surface area (Å²) >= 11 is 0. The molecule has 0 spiro atoms. The van der Waals surface area contributed by atoms with Gasteiger partial charge in [0.1, 0.15) is 11.6 Å². The molecule has 0 saturated carbocycles. The summed E-state index contributed by atoms with van der Waals surface area (Å²) in [5.41, 5.74) is -0.447. The highest BCUT2D eigenvalue weighted by atomic mass is 19.1. The molecule has 0 aliphatic carbocycles. The van der Waals surface area contributed by atoms with Crippen LogP contribution >= 0.6 is 0 Å². The second-order valence-electron chi connectivity index (χ2n) is 5.42. The lowest BCUT2D eigenvalue weighted by atomic mass is 9.89. The fourth-order valence-corrected chi connectivity index (χ4v) is 1.87. The average molecular weight is 273 g/mol. The van der Waals surface area contributed by atoms with E-state index in [0.717, 1.165) is 12.1 Å². The molecule has 0 aromatic heterocycles. The minimum atomic E-state index is -1.23. The predicted octanol–water partition coefficient (Wildman–Crippen LogP) is 2.00. The molecule has 1 rings (SSSR count). The molecule has 0 aliphatic heterocycles. The molecule has 1 aromatic rings. The lowest BCUT2D eigenvalue weighted by Gasteiger charge is -2.25. The Morgan fingerprint density at radius 1 is 1.26 bits per heavy atom. The van der Waals surface area contributed by atoms with Crippen molar-refractivity contribution in [2.75, 3.05) is 19.7 Å². The first-order chi connectivity index (χ1) is 8.87. The zero-order chi connectivity index (χ0) is 14.5. The molecular weight excluding hydrogens is 252 g/mol. The van der Waals surface area contributed by atoms with Crippen LogP contribution in [0.4, 0.5) is 8.78 Å². The van der Waals surface area contributed by atoms with Crippen molar-refractivity contribution in [2.24, 2.45) is 5.41 Å². The molecular formula is C14H21F2NO2. The summed E-state index contributed by atoms with van der Waals surface area (Å²) in [6.07, 6.45) is -0.615. The van der Waals surface area contributed by atoms with E-state index in [1.54, 1.807) is 0 Å². The van der Waals surface area contributed by atoms with E-state index < -0.39 is 17.7 Å². The molecule has 0 radical (unpaired) electrons. The number of halogens is 2. The maximum absolute atomic E-state index is 13.4. The van der Waals surface area contributed by atoms with Crippen molar-refractivity contribution in [1.29, 1.82) is 0 Å². The van der Waals surface area contributed by atoms with Gasteiger partial charge >= 0.3 is 0 Å². The van der Waals surface area contributed by atoms with Gasteiger partial charge < -0.3 is 15.5 Å². The van der Waals surface area contributed by atoms with Crippen molar-refractivity contribution in [3.05, 3.63) is 35.4 Å². The van der Waals surface area contributed by atoms with Gasteiger partial charge in [-0.3, -0.25) is 0 Å². The monoisotopic (exact) mass is 273 g/mol. The Bertz CT molecular complexity index is 390. The standard InChI is InChI=1S/C14H21F2NO2/c1-14(2,6-7-18)9-17-8-12(19)13-10(15)4-3-5-11(13)16/h3-5,12,17-19H,6-9H2,1-2H3. The van der Waals surface area contributed by atoms with Gasteiger partial charge in [0.15, 0.2) is 0 Å². The van der Waals surface area contributed by atoms with E-state index in [0.29, 0.717) is 13.0 Å². The van der Waals surface area contributed by atoms with Gasteiger partial charge in [0.2, 0.25) is 0 Å². The van der Waals surface area contributed by atoms with Crippen LogP contribution < -0.4 is 5.32 Å². The van der Waals surface area contributed by atoms with Gasteiger partial charge in [0, 0.05) is 19.7 Å². The molecule has 0 heterocycles. The van der Waals surface area contributed by atoms with Crippen LogP contribution in [-0.4, -0.2) is 29.9 Å². The second kappa shape index (κ2) is 6.93. The van der Waals surface area contributed by atoms with Crippen molar-refractivity contribution in [2.45, 2.75) is 26.4 Å². The number of hydrogen-bond acceptors (Lipinski definition) is 3. The first kappa shape index (κ1) is 16.0. The van der Waals surface area contributed by atoms with E-state index in [1.165, 1.54) is 6.07 Å². The Balaban J connectivity index is 2.54. The molecule has 1 unspecified atom stereocenters. The van der Waals surface area contributed by atoms with Gasteiger partial charge in [-0.25, -0.2) is 8.78 Å². The molecule has 5 heteroatoms. The fraction of sp³-hybridized carbons (Fsp3) is 0.571. The molecule has 3 N–H and O–H groups in total. The predicted molar refractivity (Wildman–Crippen MR) is 69.7 cm³/mol. The third-order valence-electron chi connectivity index (χ3n) is 3.06. The highest BCUT2D eigenvalue weighted by molar-refractivity contribution is 5.22. The summed E-state index contributed by atoms with van der Waals surface area (Å²) in [4.78, 5) is 0. The molecule has 3 nitrogen and oxygen atoms in total. The van der Waals surface area contributed by atoms with Crippen LogP contribution in [-0.2, 0) is 0 Å². The Hall–Kier alpha value is -1.04. The van der Waals surface area contributed by atoms with Crippen molar-refractivity contribution in [3.63, 3.8) is 0 Å². The quantitative estimate of drug-likeness (QED) is 0.712. The third-order valence-corrected chi connectivity index (χ3v) is 3.06. The van der Waals surface area contributed by atoms with Crippen LogP contribution in [0.5, 0.6) is 0 Å². The first-order valence-corrected chi connectivity index (χ1v) is 6.31. The highest BCUT2D eigenvalue weighted by Gasteiger charge is 2.20. The zero-order valence-electron chi connectivity index (χ0n) is 11.3. The van der Waals surface area contributed by atoms with Gasteiger partial charge in [0.25, 0.3) is 0 Å². The van der Waals surface area contributed by atoms with Crippen LogP contribution in [0.1, 0.15) is 31.9 Å². The number of benzene rings is 1. The van der Waals surface area contributed by atoms with E-state index in [-0.39, 0.29) is 24.1 Å². The molecule has 1 aromatic carbocycles. The number of aliphatic hydroxyl groups excluding tert-OH is 2. The summed E-state index contributed by atoms with van der Waals surface area (Å²) in [6.45, 7) is 4.62. The van der Waals surface area contributed by atoms with E-state index in [4.69, 9.17) is 5.11 Å². The van der Waals surface area contributed by atoms with E-state index in [9.17, 15) is 13.9 Å². The Morgan fingerprint density at radius 3 is 2.37 bits per heavy atom. The zero-order valence-corrected chi connectivity index (χ0v) is 11.3. The molecule has 0 aliphatic rings. The second-order valence-corrected chi connectivity index (χ2v) is 5.42. The van der Waals surface area contributed by atoms with Crippen LogP contribution in [0.15, 0.2) is 18.2 Å². The molecule has 1 atom stereocenters. The number of rotatable bonds is 7. The minimum Gasteiger partial charge on any atom is -0.396 e. The molecule has 0 fully saturated rings. The maximum atomic E-state index is 13.4. The molecule has 19 heavy (non-hydrogen) atoms. The van der Waals surface area contributed by atoms with Gasteiger partial charge in [0.05, 0.1) is 11.7 Å². The van der Waals surface area contributed by atoms with Crippen LogP contribution in [0.25, 0.3) is 0 Å². The van der Waals surface area contributed by atoms with Crippen molar-refractivity contribution in [3.8, 4) is 0 Å². The lowest BCUT2D eigenvalue weighted by Crippen LogP contribution is -2.33. The largest absolute Gasteiger partial charge is 0.396 e. The van der Waals surface area contributed by atoms with Gasteiger partial charge in [-0.2, -0.15) is 0 Å². The summed E-state index contributed by atoms with van der Waals surface area (Å²) in [5.74, 6) is -1.49. The maximum Gasteiger partial charge on any atom is 0.131 e. The number of hydrogen-bond donors (Lipinski definition) is 3. The lowest BCUT2D eigenvalue weighted by molar-refractivity contribution is 0.153. The number of aliphatic hydroxyl groups is 2. The average Bonchev–Trinajstić information content (AvgIpc) is 2.28. The number of nitrogens with one attached hydrogen (secondary N) is 1. The highest BCUT2D eigenvalue weighted by Crippen LogP contribution is 2.21. The summed E-state index contributed by atoms with van der Waals surface area (Å²) in [7, 11) is 0. The molecule has 0 saturated heterocycles. The van der Waals surface area contributed by atoms with Gasteiger partial charge in [-0.15, -0.1) is 0 Å². The van der Waals surface area contributed by atoms with Crippen molar-refractivity contribution >= 4 is 0 Å². The molecule has 108 valence electrons. The van der Waals surface area contributed by atoms with E-state index in [2.05, 4.69) is 5.32 Å². The Labute approximate surface area is 112 Å². The smallest absolute Gasteiger partial charge is 0.131 e. The van der Waals surface area contributed by atoms with Gasteiger partial charge in [-0.05, 0) is 24.0 Å². The first-order valence-electron chi connectivity index (χ1n) is 6.31. The van der Waals surface area contributed by atoms with Crippen molar-refractivity contribution in [1.82, 2.24) is 5.32 Å². The normalized spacial score (nSPS) is 13.6. The Kier molecular flexibility index (Phi) is 5.85. The Morgan fingerprint density at radius 2 is 1.84 bits per heavy atom. The summed E-state index contributed by atoms with van der Waals surface area (Å²) in [6, 6.07) is 3.51. The SMILES string of the molecule is CC(C)(CCO)CNCC(O)c1c(F)cccc1F. The van der Waals surface area contributed by atoms with Crippen LogP contribution in [0.2, 0.25) is 0 Å². The van der Waals surface area contributed by atoms with Crippen LogP contribution in [0, 0.1) is 17.0 Å². The molecule has 0 bridgehead atoms. The van der Waals surface area contributed by atoms with Crippen LogP contribution in [0.3, 0.4) is 0 Å². The molecule has 0 amide bonds. The fourth-order valence-electron chi connectivity index (χ4n) is 1.87. The van der Waals surface area contributed by atoms with E-state index in [1.807, 2.05) is 13.8 Å². The van der Waals surface area contributed by atoms with Gasteiger partial charge in [-0.1, -0.05) is 19.9 Å². The topological polar surface area (TPSA) is 52.5 Å². The van der Waals surface area contributed by atoms with Crippen molar-refractivity contribution < 1.29 is 19.0 Å². The third kappa shape index (κ3) is 4.86. The minimum absolute atomic E-state index is 0.0622. The summed E-state index contributed by atoms with van der Waals surface area (Å²) in [5, 5.41) is 21.7.